The normalized spacial score (nSPS) is 19.8. The van der Waals surface area contributed by atoms with E-state index >= 15 is 0 Å². The second kappa shape index (κ2) is 11.6. The van der Waals surface area contributed by atoms with E-state index in [0.29, 0.717) is 37.2 Å². The summed E-state index contributed by atoms with van der Waals surface area (Å²) in [6.07, 6.45) is -0.148. The minimum atomic E-state index is -3.64. The summed E-state index contributed by atoms with van der Waals surface area (Å²) in [5.41, 5.74) is 0.577. The van der Waals surface area contributed by atoms with Crippen LogP contribution in [0.1, 0.15) is 20.3 Å². The second-order valence-corrected chi connectivity index (χ2v) is 12.0. The van der Waals surface area contributed by atoms with E-state index in [1.807, 2.05) is 13.8 Å². The SMILES string of the molecule is CC(C)N1C(=O)C(CC(=O)Nc2cccc([N+](=O)[O-])c2)SC1=Nc1ccc(S(=O)(=O)N2CCOCC2)cc1. The summed E-state index contributed by atoms with van der Waals surface area (Å²) in [7, 11) is -3.64. The lowest BCUT2D eigenvalue weighted by Gasteiger charge is -2.26. The van der Waals surface area contributed by atoms with Crippen molar-refractivity contribution in [3.8, 4) is 0 Å². The van der Waals surface area contributed by atoms with Crippen molar-refractivity contribution in [3.05, 3.63) is 58.6 Å². The molecule has 4 rings (SSSR count). The van der Waals surface area contributed by atoms with Gasteiger partial charge in [0.2, 0.25) is 21.8 Å². The molecule has 0 spiro atoms. The van der Waals surface area contributed by atoms with Crippen LogP contribution in [0.3, 0.4) is 0 Å². The van der Waals surface area contributed by atoms with E-state index in [4.69, 9.17) is 4.74 Å². The van der Waals surface area contributed by atoms with E-state index in [1.54, 1.807) is 12.1 Å². The van der Waals surface area contributed by atoms with E-state index in [2.05, 4.69) is 10.3 Å². The number of amidine groups is 1. The number of nitrogens with one attached hydrogen (secondary N) is 1. The summed E-state index contributed by atoms with van der Waals surface area (Å²) in [6.45, 7) is 4.96. The van der Waals surface area contributed by atoms with E-state index in [9.17, 15) is 28.1 Å². The van der Waals surface area contributed by atoms with Crippen molar-refractivity contribution >= 4 is 55.8 Å². The smallest absolute Gasteiger partial charge is 0.271 e. The monoisotopic (exact) mass is 561 g/mol. The number of nitro groups is 1. The second-order valence-electron chi connectivity index (χ2n) is 8.87. The van der Waals surface area contributed by atoms with Gasteiger partial charge in [0.25, 0.3) is 5.69 Å². The largest absolute Gasteiger partial charge is 0.379 e. The molecule has 1 unspecified atom stereocenters. The molecule has 2 heterocycles. The first kappa shape index (κ1) is 27.7. The topological polar surface area (TPSA) is 152 Å². The molecule has 2 aromatic rings. The van der Waals surface area contributed by atoms with Crippen molar-refractivity contribution in [2.75, 3.05) is 31.6 Å². The van der Waals surface area contributed by atoms with Crippen molar-refractivity contribution in [3.63, 3.8) is 0 Å². The van der Waals surface area contributed by atoms with Gasteiger partial charge >= 0.3 is 0 Å². The Morgan fingerprint density at radius 1 is 1.21 bits per heavy atom. The van der Waals surface area contributed by atoms with E-state index in [0.717, 1.165) is 11.8 Å². The Morgan fingerprint density at radius 3 is 2.53 bits per heavy atom. The van der Waals surface area contributed by atoms with Crippen LogP contribution in [0.15, 0.2) is 58.4 Å². The molecule has 38 heavy (non-hydrogen) atoms. The van der Waals surface area contributed by atoms with Crippen LogP contribution >= 0.6 is 11.8 Å². The number of morpholine rings is 1. The van der Waals surface area contributed by atoms with Crippen molar-refractivity contribution in [2.45, 2.75) is 36.5 Å². The number of ether oxygens (including phenoxy) is 1. The number of anilines is 1. The number of hydrogen-bond donors (Lipinski definition) is 1. The van der Waals surface area contributed by atoms with Gasteiger partial charge in [0.1, 0.15) is 5.25 Å². The average Bonchev–Trinajstić information content (AvgIpc) is 3.19. The highest BCUT2D eigenvalue weighted by Crippen LogP contribution is 2.33. The molecule has 2 aliphatic heterocycles. The van der Waals surface area contributed by atoms with Gasteiger partial charge < -0.3 is 10.1 Å². The Balaban J connectivity index is 1.47. The van der Waals surface area contributed by atoms with Gasteiger partial charge in [-0.2, -0.15) is 4.31 Å². The third-order valence-electron chi connectivity index (χ3n) is 5.86. The summed E-state index contributed by atoms with van der Waals surface area (Å²) in [4.78, 5) is 42.4. The van der Waals surface area contributed by atoms with Gasteiger partial charge in [-0.25, -0.2) is 13.4 Å². The summed E-state index contributed by atoms with van der Waals surface area (Å²) in [5.74, 6) is -0.733. The molecule has 2 aliphatic rings. The first-order valence-corrected chi connectivity index (χ1v) is 14.2. The fourth-order valence-corrected chi connectivity index (χ4v) is 6.67. The number of carbonyl (C=O) groups excluding carboxylic acids is 2. The van der Waals surface area contributed by atoms with Gasteiger partial charge in [0.05, 0.1) is 28.7 Å². The molecule has 0 aromatic heterocycles. The fraction of sp³-hybridized carbons (Fsp3) is 0.375. The number of benzene rings is 2. The lowest BCUT2D eigenvalue weighted by molar-refractivity contribution is -0.384. The summed E-state index contributed by atoms with van der Waals surface area (Å²) in [5, 5.41) is 13.3. The molecule has 0 radical (unpaired) electrons. The van der Waals surface area contributed by atoms with Gasteiger partial charge in [-0.3, -0.25) is 24.6 Å². The lowest BCUT2D eigenvalue weighted by atomic mass is 10.2. The van der Waals surface area contributed by atoms with Crippen molar-refractivity contribution in [2.24, 2.45) is 4.99 Å². The Bertz CT molecular complexity index is 1360. The number of nitro benzene ring substituents is 1. The minimum absolute atomic E-state index is 0.148. The van der Waals surface area contributed by atoms with Crippen LogP contribution < -0.4 is 5.32 Å². The molecular formula is C24H27N5O7S2. The number of amides is 2. The highest BCUT2D eigenvalue weighted by molar-refractivity contribution is 8.15. The first-order chi connectivity index (χ1) is 18.1. The third kappa shape index (κ3) is 6.20. The number of hydrogen-bond acceptors (Lipinski definition) is 9. The molecule has 0 saturated carbocycles. The van der Waals surface area contributed by atoms with E-state index in [1.165, 1.54) is 45.6 Å². The van der Waals surface area contributed by atoms with Gasteiger partial charge in [-0.05, 0) is 44.2 Å². The van der Waals surface area contributed by atoms with Gasteiger partial charge in [0, 0.05) is 43.4 Å². The number of rotatable bonds is 8. The fourth-order valence-electron chi connectivity index (χ4n) is 3.99. The van der Waals surface area contributed by atoms with Crippen LogP contribution in [0.2, 0.25) is 0 Å². The zero-order valence-corrected chi connectivity index (χ0v) is 22.4. The number of nitrogens with zero attached hydrogens (tertiary/aromatic N) is 4. The van der Waals surface area contributed by atoms with Gasteiger partial charge in [-0.15, -0.1) is 0 Å². The molecule has 2 aromatic carbocycles. The van der Waals surface area contributed by atoms with E-state index < -0.39 is 26.1 Å². The average molecular weight is 562 g/mol. The molecule has 2 amide bonds. The summed E-state index contributed by atoms with van der Waals surface area (Å²) < 4.78 is 32.3. The van der Waals surface area contributed by atoms with Gasteiger partial charge in [-0.1, -0.05) is 17.8 Å². The molecule has 14 heteroatoms. The Morgan fingerprint density at radius 2 is 1.89 bits per heavy atom. The molecule has 12 nitrogen and oxygen atoms in total. The van der Waals surface area contributed by atoms with Crippen molar-refractivity contribution in [1.29, 1.82) is 0 Å². The highest BCUT2D eigenvalue weighted by atomic mass is 32.2. The maximum absolute atomic E-state index is 13.1. The van der Waals surface area contributed by atoms with Crippen molar-refractivity contribution in [1.82, 2.24) is 9.21 Å². The predicted octanol–water partition coefficient (Wildman–Crippen LogP) is 2.98. The number of thioether (sulfide) groups is 1. The molecule has 2 fully saturated rings. The molecule has 202 valence electrons. The first-order valence-electron chi connectivity index (χ1n) is 11.9. The third-order valence-corrected chi connectivity index (χ3v) is 8.93. The van der Waals surface area contributed by atoms with Crippen molar-refractivity contribution < 1.29 is 27.7 Å². The molecule has 2 saturated heterocycles. The number of carbonyl (C=O) groups is 2. The predicted molar refractivity (Wildman–Crippen MR) is 143 cm³/mol. The molecule has 1 N–H and O–H groups in total. The maximum atomic E-state index is 13.1. The standard InChI is InChI=1S/C24H27N5O7S2/c1-16(2)28-23(31)21(15-22(30)25-18-4-3-5-19(14-18)29(32)33)37-24(28)26-17-6-8-20(9-7-17)38(34,35)27-10-12-36-13-11-27/h3-9,14,16,21H,10-13,15H2,1-2H3,(H,25,30). The number of aliphatic imine (C=N–C) groups is 1. The Hall–Kier alpha value is -3.33. The number of sulfonamides is 1. The number of non-ortho nitro benzene ring substituents is 1. The molecule has 0 bridgehead atoms. The Labute approximate surface area is 224 Å². The van der Waals surface area contributed by atoms with Crippen LogP contribution in [0, 0.1) is 10.1 Å². The van der Waals surface area contributed by atoms with Crippen LogP contribution in [0.5, 0.6) is 0 Å². The minimum Gasteiger partial charge on any atom is -0.379 e. The quantitative estimate of drug-likeness (QED) is 0.382. The molecule has 1 atom stereocenters. The Kier molecular flexibility index (Phi) is 8.45. The van der Waals surface area contributed by atoms with Gasteiger partial charge in [0.15, 0.2) is 5.17 Å². The van der Waals surface area contributed by atoms with Crippen LogP contribution in [-0.4, -0.2) is 77.1 Å². The van der Waals surface area contributed by atoms with E-state index in [-0.39, 0.29) is 34.6 Å². The summed E-state index contributed by atoms with van der Waals surface area (Å²) in [6, 6.07) is 11.5. The van der Waals surface area contributed by atoms with Crippen LogP contribution in [-0.2, 0) is 24.3 Å². The molecule has 0 aliphatic carbocycles. The lowest BCUT2D eigenvalue weighted by Crippen LogP contribution is -2.40. The summed E-state index contributed by atoms with van der Waals surface area (Å²) >= 11 is 1.15. The zero-order chi connectivity index (χ0) is 27.4. The van der Waals surface area contributed by atoms with Crippen LogP contribution in [0.4, 0.5) is 17.1 Å². The molecular weight excluding hydrogens is 534 g/mol. The highest BCUT2D eigenvalue weighted by Gasteiger charge is 2.40. The maximum Gasteiger partial charge on any atom is 0.271 e. The van der Waals surface area contributed by atoms with Crippen LogP contribution in [0.25, 0.3) is 0 Å². The zero-order valence-electron chi connectivity index (χ0n) is 20.8.